The third-order valence-electron chi connectivity index (χ3n) is 2.92. The zero-order chi connectivity index (χ0) is 15.1. The fraction of sp³-hybridized carbons (Fsp3) is 0.357. The van der Waals surface area contributed by atoms with Gasteiger partial charge < -0.3 is 14.6 Å². The molecule has 0 aromatic carbocycles. The average molecular weight is 290 g/mol. The van der Waals surface area contributed by atoms with Crippen LogP contribution in [0.4, 0.5) is 0 Å². The molecule has 1 amide bonds. The summed E-state index contributed by atoms with van der Waals surface area (Å²) in [6.07, 6.45) is 5.18. The highest BCUT2D eigenvalue weighted by atomic mass is 16.5. The minimum Gasteiger partial charge on any atom is -0.378 e. The van der Waals surface area contributed by atoms with E-state index in [9.17, 15) is 9.59 Å². The summed E-state index contributed by atoms with van der Waals surface area (Å²) in [4.78, 5) is 23.6. The molecular formula is C14H18N4O3. The van der Waals surface area contributed by atoms with Crippen LogP contribution in [0, 0.1) is 0 Å². The molecule has 2 heterocycles. The highest BCUT2D eigenvalue weighted by Crippen LogP contribution is 1.91. The molecule has 0 aliphatic carbocycles. The zero-order valence-corrected chi connectivity index (χ0v) is 11.9. The number of hydrogen-bond donors (Lipinski definition) is 1. The fourth-order valence-electron chi connectivity index (χ4n) is 1.79. The van der Waals surface area contributed by atoms with Crippen molar-refractivity contribution >= 4 is 5.91 Å². The van der Waals surface area contributed by atoms with E-state index in [1.807, 2.05) is 12.3 Å². The Hall–Kier alpha value is -2.41. The number of nitrogens with one attached hydrogen (secondary N) is 1. The van der Waals surface area contributed by atoms with Gasteiger partial charge in [-0.15, -0.1) is 0 Å². The standard InChI is InChI=1S/C14H18N4O3/c1-17-7-2-4-12(14(17)20)13(19)15-6-10-21-11-9-18-8-3-5-16-18/h2-5,7-8H,6,9-11H2,1H3,(H,15,19). The third-order valence-corrected chi connectivity index (χ3v) is 2.92. The van der Waals surface area contributed by atoms with Gasteiger partial charge in [0.1, 0.15) is 5.56 Å². The molecule has 7 nitrogen and oxygen atoms in total. The van der Waals surface area contributed by atoms with Gasteiger partial charge in [-0.05, 0) is 18.2 Å². The number of pyridine rings is 1. The van der Waals surface area contributed by atoms with Gasteiger partial charge in [-0.2, -0.15) is 5.10 Å². The van der Waals surface area contributed by atoms with Crippen molar-refractivity contribution in [1.29, 1.82) is 0 Å². The Morgan fingerprint density at radius 3 is 2.95 bits per heavy atom. The number of amides is 1. The molecule has 0 unspecified atom stereocenters. The highest BCUT2D eigenvalue weighted by Gasteiger charge is 2.09. The number of aryl methyl sites for hydroxylation is 1. The second-order valence-electron chi connectivity index (χ2n) is 4.48. The Morgan fingerprint density at radius 2 is 2.19 bits per heavy atom. The Morgan fingerprint density at radius 1 is 1.33 bits per heavy atom. The largest absolute Gasteiger partial charge is 0.378 e. The van der Waals surface area contributed by atoms with Gasteiger partial charge in [-0.3, -0.25) is 14.3 Å². The van der Waals surface area contributed by atoms with Crippen molar-refractivity contribution in [3.05, 3.63) is 52.7 Å². The third kappa shape index (κ3) is 4.28. The second-order valence-corrected chi connectivity index (χ2v) is 4.48. The molecule has 112 valence electrons. The van der Waals surface area contributed by atoms with Gasteiger partial charge in [0, 0.05) is 32.2 Å². The van der Waals surface area contributed by atoms with E-state index in [1.165, 1.54) is 10.6 Å². The van der Waals surface area contributed by atoms with Crippen LogP contribution in [0.15, 0.2) is 41.6 Å². The summed E-state index contributed by atoms with van der Waals surface area (Å²) < 4.78 is 8.53. The number of carbonyl (C=O) groups is 1. The predicted molar refractivity (Wildman–Crippen MR) is 77.1 cm³/mol. The van der Waals surface area contributed by atoms with Crippen molar-refractivity contribution < 1.29 is 9.53 Å². The van der Waals surface area contributed by atoms with Crippen molar-refractivity contribution in [2.75, 3.05) is 19.8 Å². The number of ether oxygens (including phenoxy) is 1. The Balaban J connectivity index is 1.67. The first-order chi connectivity index (χ1) is 10.2. The maximum Gasteiger partial charge on any atom is 0.263 e. The van der Waals surface area contributed by atoms with Crippen molar-refractivity contribution in [2.24, 2.45) is 7.05 Å². The van der Waals surface area contributed by atoms with Gasteiger partial charge >= 0.3 is 0 Å². The van der Waals surface area contributed by atoms with Crippen LogP contribution in [0.1, 0.15) is 10.4 Å². The summed E-state index contributed by atoms with van der Waals surface area (Å²) in [6.45, 7) is 1.93. The van der Waals surface area contributed by atoms with Gasteiger partial charge in [-0.25, -0.2) is 0 Å². The molecule has 0 atom stereocenters. The molecule has 21 heavy (non-hydrogen) atoms. The molecule has 0 saturated heterocycles. The van der Waals surface area contributed by atoms with Crippen LogP contribution in [0.25, 0.3) is 0 Å². The van der Waals surface area contributed by atoms with E-state index in [4.69, 9.17) is 4.74 Å². The molecule has 0 spiro atoms. The van der Waals surface area contributed by atoms with Crippen LogP contribution in [0.3, 0.4) is 0 Å². The fourth-order valence-corrected chi connectivity index (χ4v) is 1.79. The number of aromatic nitrogens is 3. The molecule has 0 aliphatic heterocycles. The lowest BCUT2D eigenvalue weighted by atomic mass is 10.2. The van der Waals surface area contributed by atoms with Crippen LogP contribution in [0.2, 0.25) is 0 Å². The molecule has 0 aliphatic rings. The minimum atomic E-state index is -0.383. The van der Waals surface area contributed by atoms with Crippen molar-refractivity contribution in [3.8, 4) is 0 Å². The van der Waals surface area contributed by atoms with Gasteiger partial charge in [0.2, 0.25) is 0 Å². The van der Waals surface area contributed by atoms with E-state index in [2.05, 4.69) is 10.4 Å². The van der Waals surface area contributed by atoms with E-state index < -0.39 is 0 Å². The monoisotopic (exact) mass is 290 g/mol. The van der Waals surface area contributed by atoms with Crippen LogP contribution in [-0.2, 0) is 18.3 Å². The molecule has 1 N–H and O–H groups in total. The molecular weight excluding hydrogens is 272 g/mol. The molecule has 2 aromatic rings. The van der Waals surface area contributed by atoms with E-state index in [-0.39, 0.29) is 17.0 Å². The first kappa shape index (κ1) is 15.0. The molecule has 0 fully saturated rings. The van der Waals surface area contributed by atoms with Gasteiger partial charge in [0.15, 0.2) is 0 Å². The normalized spacial score (nSPS) is 10.5. The summed E-state index contributed by atoms with van der Waals surface area (Å²) in [6, 6.07) is 5.02. The second kappa shape index (κ2) is 7.39. The first-order valence-electron chi connectivity index (χ1n) is 6.67. The molecule has 0 radical (unpaired) electrons. The van der Waals surface area contributed by atoms with Crippen molar-refractivity contribution in [3.63, 3.8) is 0 Å². The lowest BCUT2D eigenvalue weighted by Gasteiger charge is -2.07. The number of rotatable bonds is 7. The SMILES string of the molecule is Cn1cccc(C(=O)NCCOCCn2cccn2)c1=O. The summed E-state index contributed by atoms with van der Waals surface area (Å²) in [5.41, 5.74) is -0.175. The molecule has 0 saturated carbocycles. The van der Waals surface area contributed by atoms with Crippen molar-refractivity contribution in [2.45, 2.75) is 6.54 Å². The quantitative estimate of drug-likeness (QED) is 0.730. The Labute approximate surface area is 122 Å². The molecule has 2 aromatic heterocycles. The van der Waals surface area contributed by atoms with Crippen LogP contribution < -0.4 is 10.9 Å². The summed E-state index contributed by atoms with van der Waals surface area (Å²) in [5.74, 6) is -0.383. The Kier molecular flexibility index (Phi) is 5.28. The molecule has 2 rings (SSSR count). The van der Waals surface area contributed by atoms with Crippen molar-refractivity contribution in [1.82, 2.24) is 19.7 Å². The summed E-state index contributed by atoms with van der Waals surface area (Å²) in [7, 11) is 1.61. The zero-order valence-electron chi connectivity index (χ0n) is 11.9. The smallest absolute Gasteiger partial charge is 0.263 e. The van der Waals surface area contributed by atoms with Gasteiger partial charge in [0.25, 0.3) is 11.5 Å². The average Bonchev–Trinajstić information content (AvgIpc) is 2.98. The predicted octanol–water partition coefficient (Wildman–Crippen LogP) is 0.0284. The van der Waals surface area contributed by atoms with Crippen LogP contribution in [0.5, 0.6) is 0 Å². The van der Waals surface area contributed by atoms with E-state index >= 15 is 0 Å². The van der Waals surface area contributed by atoms with Crippen LogP contribution >= 0.6 is 0 Å². The first-order valence-corrected chi connectivity index (χ1v) is 6.67. The number of hydrogen-bond acceptors (Lipinski definition) is 4. The number of carbonyl (C=O) groups excluding carboxylic acids is 1. The summed E-state index contributed by atoms with van der Waals surface area (Å²) >= 11 is 0. The maximum atomic E-state index is 11.8. The van der Waals surface area contributed by atoms with E-state index in [0.29, 0.717) is 26.3 Å². The Bertz CT molecular complexity index is 634. The van der Waals surface area contributed by atoms with Gasteiger partial charge in [-0.1, -0.05) is 0 Å². The molecule has 7 heteroatoms. The maximum absolute atomic E-state index is 11.8. The lowest BCUT2D eigenvalue weighted by molar-refractivity contribution is 0.0904. The topological polar surface area (TPSA) is 78.2 Å². The van der Waals surface area contributed by atoms with E-state index in [1.54, 1.807) is 30.2 Å². The minimum absolute atomic E-state index is 0.136. The van der Waals surface area contributed by atoms with Crippen LogP contribution in [-0.4, -0.2) is 40.0 Å². The molecule has 0 bridgehead atoms. The lowest BCUT2D eigenvalue weighted by Crippen LogP contribution is -2.33. The van der Waals surface area contributed by atoms with E-state index in [0.717, 1.165) is 0 Å². The highest BCUT2D eigenvalue weighted by molar-refractivity contribution is 5.93. The summed E-state index contributed by atoms with van der Waals surface area (Å²) in [5, 5.41) is 6.71. The number of nitrogens with zero attached hydrogens (tertiary/aromatic N) is 3. The van der Waals surface area contributed by atoms with Gasteiger partial charge in [0.05, 0.1) is 19.8 Å².